The molecule has 0 aromatic heterocycles. The van der Waals surface area contributed by atoms with Crippen molar-refractivity contribution in [1.29, 1.82) is 0 Å². The van der Waals surface area contributed by atoms with Gasteiger partial charge >= 0.3 is 0 Å². The number of carbonyl (C=O) groups excluding carboxylic acids is 1. The van der Waals surface area contributed by atoms with E-state index in [-0.39, 0.29) is 5.91 Å². The van der Waals surface area contributed by atoms with Crippen molar-refractivity contribution in [2.24, 2.45) is 5.10 Å². The Morgan fingerprint density at radius 2 is 2.00 bits per heavy atom. The number of nitrogens with zero attached hydrogens (tertiary/aromatic N) is 1. The molecule has 2 aromatic carbocycles. The largest absolute Gasteiger partial charge is 0.273 e. The van der Waals surface area contributed by atoms with Crippen LogP contribution in [0, 0.1) is 0 Å². The van der Waals surface area contributed by atoms with Gasteiger partial charge in [0.25, 0.3) is 0 Å². The Morgan fingerprint density at radius 3 is 2.84 bits per heavy atom. The van der Waals surface area contributed by atoms with Crippen molar-refractivity contribution >= 4 is 22.9 Å². The first-order valence-electron chi connectivity index (χ1n) is 6.58. The lowest BCUT2D eigenvalue weighted by Crippen LogP contribution is -2.19. The van der Waals surface area contributed by atoms with Crippen LogP contribution in [-0.4, -0.2) is 12.1 Å². The molecule has 3 heteroatoms. The average molecular weight is 254 g/mol. The Labute approximate surface area is 113 Å². The zero-order valence-electron chi connectivity index (χ0n) is 11.1. The van der Waals surface area contributed by atoms with E-state index in [1.807, 2.05) is 30.3 Å². The number of rotatable bonds is 5. The second kappa shape index (κ2) is 6.69. The molecule has 0 radical (unpaired) electrons. The third kappa shape index (κ3) is 3.65. The number of hydrazone groups is 1. The van der Waals surface area contributed by atoms with Crippen molar-refractivity contribution < 1.29 is 4.79 Å². The highest BCUT2D eigenvalue weighted by atomic mass is 16.2. The minimum atomic E-state index is -0.0799. The number of hydrogen-bond acceptors (Lipinski definition) is 2. The predicted octanol–water partition coefficient (Wildman–Crippen LogP) is 3.28. The van der Waals surface area contributed by atoms with Gasteiger partial charge in [0.15, 0.2) is 0 Å². The van der Waals surface area contributed by atoms with Crippen molar-refractivity contribution in [3.63, 3.8) is 0 Å². The molecule has 0 aliphatic heterocycles. The lowest BCUT2D eigenvalue weighted by atomic mass is 10.0. The lowest BCUT2D eigenvalue weighted by Gasteiger charge is -2.05. The molecule has 0 unspecified atom stereocenters. The van der Waals surface area contributed by atoms with Gasteiger partial charge in [-0.05, 0) is 22.8 Å². The SMILES string of the molecule is CCC/C=N\NC(=O)Cc1cccc2ccccc12. The van der Waals surface area contributed by atoms with E-state index in [2.05, 4.69) is 29.6 Å². The summed E-state index contributed by atoms with van der Waals surface area (Å²) >= 11 is 0. The summed E-state index contributed by atoms with van der Waals surface area (Å²) in [5, 5.41) is 6.19. The molecule has 3 nitrogen and oxygen atoms in total. The molecule has 2 aromatic rings. The third-order valence-corrected chi connectivity index (χ3v) is 2.93. The van der Waals surface area contributed by atoms with Crippen LogP contribution in [0.1, 0.15) is 25.3 Å². The smallest absolute Gasteiger partial charge is 0.244 e. The van der Waals surface area contributed by atoms with Crippen LogP contribution in [0.4, 0.5) is 0 Å². The number of carbonyl (C=O) groups is 1. The highest BCUT2D eigenvalue weighted by molar-refractivity contribution is 5.90. The fraction of sp³-hybridized carbons (Fsp3) is 0.250. The van der Waals surface area contributed by atoms with Crippen LogP contribution in [0.2, 0.25) is 0 Å². The quantitative estimate of drug-likeness (QED) is 0.645. The normalized spacial score (nSPS) is 11.0. The lowest BCUT2D eigenvalue weighted by molar-refractivity contribution is -0.120. The molecular weight excluding hydrogens is 236 g/mol. The van der Waals surface area contributed by atoms with Crippen molar-refractivity contribution in [2.75, 3.05) is 0 Å². The van der Waals surface area contributed by atoms with Gasteiger partial charge < -0.3 is 0 Å². The average Bonchev–Trinajstić information content (AvgIpc) is 2.44. The molecule has 0 saturated heterocycles. The van der Waals surface area contributed by atoms with Crippen LogP contribution in [0.25, 0.3) is 10.8 Å². The number of hydrogen-bond donors (Lipinski definition) is 1. The zero-order valence-corrected chi connectivity index (χ0v) is 11.1. The molecule has 19 heavy (non-hydrogen) atoms. The molecule has 0 spiro atoms. The summed E-state index contributed by atoms with van der Waals surface area (Å²) in [5.74, 6) is -0.0799. The Balaban J connectivity index is 2.07. The van der Waals surface area contributed by atoms with Crippen LogP contribution in [0.5, 0.6) is 0 Å². The third-order valence-electron chi connectivity index (χ3n) is 2.93. The van der Waals surface area contributed by atoms with Gasteiger partial charge in [0.05, 0.1) is 6.42 Å². The van der Waals surface area contributed by atoms with E-state index in [1.165, 1.54) is 0 Å². The van der Waals surface area contributed by atoms with Gasteiger partial charge in [0.2, 0.25) is 5.91 Å². The minimum absolute atomic E-state index is 0.0799. The van der Waals surface area contributed by atoms with Gasteiger partial charge in [0, 0.05) is 6.21 Å². The molecular formula is C16H18N2O. The maximum Gasteiger partial charge on any atom is 0.244 e. The number of nitrogens with one attached hydrogen (secondary N) is 1. The molecule has 1 amide bonds. The van der Waals surface area contributed by atoms with Crippen molar-refractivity contribution in [3.05, 3.63) is 48.0 Å². The maximum atomic E-state index is 11.8. The first-order chi connectivity index (χ1) is 9.31. The monoisotopic (exact) mass is 254 g/mol. The standard InChI is InChI=1S/C16H18N2O/c1-2-3-11-17-18-16(19)12-14-9-6-8-13-7-4-5-10-15(13)14/h4-11H,2-3,12H2,1H3,(H,18,19)/b17-11-. The molecule has 0 heterocycles. The van der Waals surface area contributed by atoms with Crippen molar-refractivity contribution in [2.45, 2.75) is 26.2 Å². The minimum Gasteiger partial charge on any atom is -0.273 e. The predicted molar refractivity (Wildman–Crippen MR) is 79.2 cm³/mol. The molecule has 0 fully saturated rings. The van der Waals surface area contributed by atoms with E-state index < -0.39 is 0 Å². The van der Waals surface area contributed by atoms with E-state index in [9.17, 15) is 4.79 Å². The highest BCUT2D eigenvalue weighted by Gasteiger charge is 2.05. The van der Waals surface area contributed by atoms with Crippen LogP contribution in [-0.2, 0) is 11.2 Å². The Hall–Kier alpha value is -2.16. The fourth-order valence-corrected chi connectivity index (χ4v) is 1.97. The summed E-state index contributed by atoms with van der Waals surface area (Å²) in [6.45, 7) is 2.07. The first kappa shape index (κ1) is 13.3. The second-order valence-corrected chi connectivity index (χ2v) is 4.45. The molecule has 2 rings (SSSR count). The summed E-state index contributed by atoms with van der Waals surface area (Å²) in [4.78, 5) is 11.8. The molecule has 98 valence electrons. The van der Waals surface area contributed by atoms with Crippen LogP contribution in [0.15, 0.2) is 47.6 Å². The van der Waals surface area contributed by atoms with E-state index in [0.29, 0.717) is 6.42 Å². The summed E-state index contributed by atoms with van der Waals surface area (Å²) in [7, 11) is 0. The van der Waals surface area contributed by atoms with Crippen LogP contribution < -0.4 is 5.43 Å². The van der Waals surface area contributed by atoms with Crippen molar-refractivity contribution in [3.8, 4) is 0 Å². The van der Waals surface area contributed by atoms with Gasteiger partial charge in [-0.1, -0.05) is 55.8 Å². The number of unbranched alkanes of at least 4 members (excludes halogenated alkanes) is 1. The van der Waals surface area contributed by atoms with Gasteiger partial charge in [-0.3, -0.25) is 4.79 Å². The number of benzene rings is 2. The topological polar surface area (TPSA) is 41.5 Å². The van der Waals surface area contributed by atoms with Gasteiger partial charge in [-0.15, -0.1) is 0 Å². The molecule has 0 aliphatic rings. The molecule has 0 atom stereocenters. The summed E-state index contributed by atoms with van der Waals surface area (Å²) in [6, 6.07) is 14.1. The van der Waals surface area contributed by atoms with E-state index in [4.69, 9.17) is 0 Å². The summed E-state index contributed by atoms with van der Waals surface area (Å²) in [6.07, 6.45) is 4.00. The first-order valence-corrected chi connectivity index (χ1v) is 6.58. The van der Waals surface area contributed by atoms with Gasteiger partial charge in [-0.2, -0.15) is 5.10 Å². The summed E-state index contributed by atoms with van der Waals surface area (Å²) < 4.78 is 0. The van der Waals surface area contributed by atoms with E-state index in [1.54, 1.807) is 6.21 Å². The Bertz CT molecular complexity index is 585. The molecule has 0 aliphatic carbocycles. The Kier molecular flexibility index (Phi) is 4.67. The second-order valence-electron chi connectivity index (χ2n) is 4.45. The van der Waals surface area contributed by atoms with E-state index >= 15 is 0 Å². The van der Waals surface area contributed by atoms with Crippen LogP contribution in [0.3, 0.4) is 0 Å². The maximum absolute atomic E-state index is 11.8. The highest BCUT2D eigenvalue weighted by Crippen LogP contribution is 2.18. The van der Waals surface area contributed by atoms with E-state index in [0.717, 1.165) is 29.2 Å². The van der Waals surface area contributed by atoms with Gasteiger partial charge in [-0.25, -0.2) is 5.43 Å². The molecule has 0 bridgehead atoms. The number of fused-ring (bicyclic) bond motifs is 1. The Morgan fingerprint density at radius 1 is 1.21 bits per heavy atom. The number of amides is 1. The molecule has 0 saturated carbocycles. The molecule has 1 N–H and O–H groups in total. The van der Waals surface area contributed by atoms with Gasteiger partial charge in [0.1, 0.15) is 0 Å². The van der Waals surface area contributed by atoms with Crippen molar-refractivity contribution in [1.82, 2.24) is 5.43 Å². The summed E-state index contributed by atoms with van der Waals surface area (Å²) in [5.41, 5.74) is 3.59. The zero-order chi connectivity index (χ0) is 13.5. The fourth-order valence-electron chi connectivity index (χ4n) is 1.97. The van der Waals surface area contributed by atoms with Crippen LogP contribution >= 0.6 is 0 Å².